The number of ether oxygens (including phenoxy) is 2. The number of nitrogens with zero attached hydrogens (tertiary/aromatic N) is 1. The molecule has 1 saturated heterocycles. The van der Waals surface area contributed by atoms with Crippen molar-refractivity contribution in [1.29, 1.82) is 0 Å². The molecule has 4 nitrogen and oxygen atoms in total. The van der Waals surface area contributed by atoms with Crippen molar-refractivity contribution in [2.24, 2.45) is 0 Å². The molecule has 2 atom stereocenters. The van der Waals surface area contributed by atoms with E-state index in [1.54, 1.807) is 12.1 Å². The Bertz CT molecular complexity index is 881. The zero-order chi connectivity index (χ0) is 19.5. The van der Waals surface area contributed by atoms with E-state index in [9.17, 15) is 9.18 Å². The van der Waals surface area contributed by atoms with E-state index < -0.39 is 0 Å². The largest absolute Gasteiger partial charge is 0.494 e. The molecule has 1 fully saturated rings. The molecule has 2 aliphatic heterocycles. The van der Waals surface area contributed by atoms with Gasteiger partial charge in [0.2, 0.25) is 0 Å². The number of piperidine rings is 1. The molecule has 2 unspecified atom stereocenters. The highest BCUT2D eigenvalue weighted by Crippen LogP contribution is 2.38. The van der Waals surface area contributed by atoms with Crippen molar-refractivity contribution >= 4 is 11.7 Å². The van der Waals surface area contributed by atoms with E-state index in [2.05, 4.69) is 6.08 Å². The summed E-state index contributed by atoms with van der Waals surface area (Å²) in [6, 6.07) is 14.8. The molecule has 0 N–H and O–H groups in total. The minimum absolute atomic E-state index is 0.0156. The number of hydrogen-bond donors (Lipinski definition) is 0. The number of carbonyl (C=O) groups excluding carboxylic acids is 1. The fourth-order valence-electron chi connectivity index (χ4n) is 4.18. The number of hydrogen-bond acceptors (Lipinski definition) is 3. The van der Waals surface area contributed by atoms with E-state index in [0.717, 1.165) is 42.4 Å². The van der Waals surface area contributed by atoms with Crippen molar-refractivity contribution in [3.63, 3.8) is 0 Å². The predicted octanol–water partition coefficient (Wildman–Crippen LogP) is 5.18. The highest BCUT2D eigenvalue weighted by molar-refractivity contribution is 5.75. The van der Waals surface area contributed by atoms with E-state index in [1.807, 2.05) is 35.2 Å². The number of fused-ring (bicyclic) bond motifs is 2. The van der Waals surface area contributed by atoms with Gasteiger partial charge in [-0.2, -0.15) is 0 Å². The molecule has 2 aromatic rings. The van der Waals surface area contributed by atoms with E-state index >= 15 is 0 Å². The summed E-state index contributed by atoms with van der Waals surface area (Å²) < 4.78 is 24.4. The van der Waals surface area contributed by atoms with Crippen LogP contribution in [0, 0.1) is 5.82 Å². The zero-order valence-electron chi connectivity index (χ0n) is 15.9. The van der Waals surface area contributed by atoms with Gasteiger partial charge in [-0.05, 0) is 54.5 Å². The molecular formula is C23H24FNO3. The molecule has 0 saturated carbocycles. The molecule has 1 amide bonds. The third-order valence-corrected chi connectivity index (χ3v) is 5.57. The summed E-state index contributed by atoms with van der Waals surface area (Å²) in [7, 11) is 1.47. The van der Waals surface area contributed by atoms with Crippen molar-refractivity contribution in [2.45, 2.75) is 44.4 Å². The summed E-state index contributed by atoms with van der Waals surface area (Å²) >= 11 is 0. The second kappa shape index (κ2) is 8.05. The maximum atomic E-state index is 13.7. The van der Waals surface area contributed by atoms with Crippen LogP contribution in [0.5, 0.6) is 5.75 Å². The molecule has 5 heteroatoms. The number of carbonyl (C=O) groups is 1. The Kier molecular flexibility index (Phi) is 5.33. The molecule has 146 valence electrons. The molecule has 2 aliphatic rings. The number of amides is 1. The summed E-state index contributed by atoms with van der Waals surface area (Å²) in [6.45, 7) is 0.279. The van der Waals surface area contributed by atoms with Gasteiger partial charge in [0.1, 0.15) is 6.61 Å². The number of methoxy groups -OCH3 is 1. The third kappa shape index (κ3) is 3.75. The molecule has 2 bridgehead atoms. The number of halogens is 1. The number of rotatable bonds is 4. The molecule has 0 aromatic heterocycles. The Morgan fingerprint density at radius 2 is 2.00 bits per heavy atom. The average molecular weight is 381 g/mol. The minimum Gasteiger partial charge on any atom is -0.494 e. The van der Waals surface area contributed by atoms with Gasteiger partial charge in [0.15, 0.2) is 11.6 Å². The Morgan fingerprint density at radius 3 is 2.75 bits per heavy atom. The summed E-state index contributed by atoms with van der Waals surface area (Å²) in [5.74, 6) is -0.123. The van der Waals surface area contributed by atoms with Crippen LogP contribution in [0.25, 0.3) is 5.57 Å². The topological polar surface area (TPSA) is 38.8 Å². The Labute approximate surface area is 164 Å². The van der Waals surface area contributed by atoms with Crippen molar-refractivity contribution in [3.8, 4) is 5.75 Å². The van der Waals surface area contributed by atoms with E-state index in [4.69, 9.17) is 9.47 Å². The van der Waals surface area contributed by atoms with Crippen molar-refractivity contribution in [3.05, 3.63) is 71.6 Å². The predicted molar refractivity (Wildman–Crippen MR) is 105 cm³/mol. The van der Waals surface area contributed by atoms with Crippen LogP contribution in [0.4, 0.5) is 9.18 Å². The second-order valence-electron chi connectivity index (χ2n) is 7.34. The van der Waals surface area contributed by atoms with Gasteiger partial charge in [-0.3, -0.25) is 4.90 Å². The number of benzene rings is 2. The van der Waals surface area contributed by atoms with E-state index in [1.165, 1.54) is 13.2 Å². The molecule has 0 spiro atoms. The summed E-state index contributed by atoms with van der Waals surface area (Å²) in [4.78, 5) is 14.7. The SMILES string of the molecule is COc1cc(C2=CC3CCCC(C2)N3C(=O)OCc2ccccc2)ccc1F. The first-order chi connectivity index (χ1) is 13.7. The molecule has 2 heterocycles. The first kappa shape index (κ1) is 18.5. The van der Waals surface area contributed by atoms with Gasteiger partial charge >= 0.3 is 6.09 Å². The third-order valence-electron chi connectivity index (χ3n) is 5.57. The lowest BCUT2D eigenvalue weighted by Crippen LogP contribution is -2.51. The van der Waals surface area contributed by atoms with Gasteiger partial charge in [-0.15, -0.1) is 0 Å². The maximum absolute atomic E-state index is 13.7. The Hall–Kier alpha value is -2.82. The molecule has 28 heavy (non-hydrogen) atoms. The van der Waals surface area contributed by atoms with Gasteiger partial charge in [0, 0.05) is 6.04 Å². The first-order valence-corrected chi connectivity index (χ1v) is 9.69. The van der Waals surface area contributed by atoms with Crippen LogP contribution in [-0.4, -0.2) is 30.2 Å². The monoisotopic (exact) mass is 381 g/mol. The van der Waals surface area contributed by atoms with Crippen LogP contribution >= 0.6 is 0 Å². The van der Waals surface area contributed by atoms with Crippen molar-refractivity contribution in [1.82, 2.24) is 4.90 Å². The molecular weight excluding hydrogens is 357 g/mol. The van der Waals surface area contributed by atoms with Gasteiger partial charge in [0.25, 0.3) is 0 Å². The minimum atomic E-state index is -0.367. The standard InChI is InChI=1S/C23H24FNO3/c1-27-22-14-17(10-11-21(22)24)18-12-19-8-5-9-20(13-18)25(19)23(26)28-15-16-6-3-2-4-7-16/h2-4,6-7,10-12,14,19-20H,5,8-9,13,15H2,1H3. The van der Waals surface area contributed by atoms with Gasteiger partial charge in [0.05, 0.1) is 13.2 Å². The second-order valence-corrected chi connectivity index (χ2v) is 7.34. The van der Waals surface area contributed by atoms with Crippen LogP contribution < -0.4 is 4.74 Å². The molecule has 2 aromatic carbocycles. The molecule has 0 radical (unpaired) electrons. The quantitative estimate of drug-likeness (QED) is 0.732. The van der Waals surface area contributed by atoms with Crippen molar-refractivity contribution < 1.29 is 18.7 Å². The van der Waals surface area contributed by atoms with Crippen molar-refractivity contribution in [2.75, 3.05) is 7.11 Å². The van der Waals surface area contributed by atoms with Crippen LogP contribution in [0.3, 0.4) is 0 Å². The zero-order valence-corrected chi connectivity index (χ0v) is 15.9. The van der Waals surface area contributed by atoms with Crippen LogP contribution in [0.1, 0.15) is 36.8 Å². The van der Waals surface area contributed by atoms with Crippen LogP contribution in [-0.2, 0) is 11.3 Å². The Balaban J connectivity index is 1.51. The highest BCUT2D eigenvalue weighted by atomic mass is 19.1. The van der Waals surface area contributed by atoms with E-state index in [0.29, 0.717) is 0 Å². The first-order valence-electron chi connectivity index (χ1n) is 9.69. The highest BCUT2D eigenvalue weighted by Gasteiger charge is 2.38. The smallest absolute Gasteiger partial charge is 0.410 e. The van der Waals surface area contributed by atoms with E-state index in [-0.39, 0.29) is 36.4 Å². The van der Waals surface area contributed by atoms with Gasteiger partial charge in [-0.25, -0.2) is 9.18 Å². The van der Waals surface area contributed by atoms with Crippen LogP contribution in [0.15, 0.2) is 54.6 Å². The summed E-state index contributed by atoms with van der Waals surface area (Å²) in [5.41, 5.74) is 3.07. The Morgan fingerprint density at radius 1 is 1.18 bits per heavy atom. The normalized spacial score (nSPS) is 21.1. The summed E-state index contributed by atoms with van der Waals surface area (Å²) in [6.07, 6.45) is 5.57. The molecule has 4 rings (SSSR count). The average Bonchev–Trinajstić information content (AvgIpc) is 2.72. The van der Waals surface area contributed by atoms with Gasteiger partial charge in [-0.1, -0.05) is 42.5 Å². The summed E-state index contributed by atoms with van der Waals surface area (Å²) in [5, 5.41) is 0. The van der Waals surface area contributed by atoms with Crippen LogP contribution in [0.2, 0.25) is 0 Å². The lowest BCUT2D eigenvalue weighted by molar-refractivity contribution is 0.0510. The lowest BCUT2D eigenvalue weighted by Gasteiger charge is -2.44. The lowest BCUT2D eigenvalue weighted by atomic mass is 9.83. The fourth-order valence-corrected chi connectivity index (χ4v) is 4.18. The molecule has 0 aliphatic carbocycles. The fraction of sp³-hybridized carbons (Fsp3) is 0.348. The maximum Gasteiger partial charge on any atom is 0.410 e. The van der Waals surface area contributed by atoms with Gasteiger partial charge < -0.3 is 9.47 Å².